The summed E-state index contributed by atoms with van der Waals surface area (Å²) in [5.41, 5.74) is 0. The van der Waals surface area contributed by atoms with Gasteiger partial charge in [-0.1, -0.05) is 0 Å². The summed E-state index contributed by atoms with van der Waals surface area (Å²) in [5.74, 6) is 1.74. The number of ether oxygens (including phenoxy) is 1. The van der Waals surface area contributed by atoms with E-state index in [0.29, 0.717) is 13.2 Å². The molecule has 0 aromatic carbocycles. The molecule has 0 aliphatic heterocycles. The van der Waals surface area contributed by atoms with Gasteiger partial charge in [-0.15, -0.1) is 0 Å². The van der Waals surface area contributed by atoms with Crippen molar-refractivity contribution in [3.63, 3.8) is 0 Å². The van der Waals surface area contributed by atoms with E-state index < -0.39 is 0 Å². The average molecular weight is 311 g/mol. The zero-order valence-electron chi connectivity index (χ0n) is 9.93. The molecule has 2 aromatic rings. The van der Waals surface area contributed by atoms with Gasteiger partial charge >= 0.3 is 0 Å². The third-order valence-corrected chi connectivity index (χ3v) is 2.79. The third kappa shape index (κ3) is 4.50. The fourth-order valence-corrected chi connectivity index (χ4v) is 1.67. The third-order valence-electron chi connectivity index (χ3n) is 2.32. The van der Waals surface area contributed by atoms with Crippen LogP contribution in [-0.2, 0) is 11.3 Å². The van der Waals surface area contributed by atoms with Crippen LogP contribution in [0.1, 0.15) is 12.2 Å². The second-order valence-electron chi connectivity index (χ2n) is 3.77. The lowest BCUT2D eigenvalue weighted by Gasteiger charge is -2.05. The van der Waals surface area contributed by atoms with Gasteiger partial charge in [0.15, 0.2) is 0 Å². The van der Waals surface area contributed by atoms with Crippen LogP contribution in [0.25, 0.3) is 0 Å². The van der Waals surface area contributed by atoms with Crippen LogP contribution in [0.2, 0.25) is 0 Å². The lowest BCUT2D eigenvalue weighted by molar-refractivity contribution is 0.106. The van der Waals surface area contributed by atoms with Crippen molar-refractivity contribution in [1.82, 2.24) is 4.98 Å². The number of anilines is 1. The molecule has 0 aliphatic rings. The van der Waals surface area contributed by atoms with E-state index in [1.165, 1.54) is 0 Å². The Morgan fingerprint density at radius 3 is 3.00 bits per heavy atom. The summed E-state index contributed by atoms with van der Waals surface area (Å²) in [6.45, 7) is 2.07. The number of pyridine rings is 1. The molecular formula is C13H15BrN2O2. The second kappa shape index (κ2) is 7.18. The highest BCUT2D eigenvalue weighted by Gasteiger charge is 1.96. The van der Waals surface area contributed by atoms with E-state index in [1.54, 1.807) is 12.5 Å². The summed E-state index contributed by atoms with van der Waals surface area (Å²) >= 11 is 3.35. The van der Waals surface area contributed by atoms with Crippen LogP contribution < -0.4 is 5.32 Å². The van der Waals surface area contributed by atoms with E-state index in [1.807, 2.05) is 24.3 Å². The minimum Gasteiger partial charge on any atom is -0.467 e. The van der Waals surface area contributed by atoms with Crippen LogP contribution in [0.5, 0.6) is 0 Å². The van der Waals surface area contributed by atoms with Crippen molar-refractivity contribution in [1.29, 1.82) is 0 Å². The van der Waals surface area contributed by atoms with Gasteiger partial charge in [0.1, 0.15) is 18.2 Å². The number of nitrogens with zero attached hydrogens (tertiary/aromatic N) is 1. The summed E-state index contributed by atoms with van der Waals surface area (Å²) in [6.07, 6.45) is 4.35. The van der Waals surface area contributed by atoms with Crippen LogP contribution in [0.3, 0.4) is 0 Å². The smallest absolute Gasteiger partial charge is 0.129 e. The molecule has 0 unspecified atom stereocenters. The fraction of sp³-hybridized carbons (Fsp3) is 0.308. The molecule has 4 nitrogen and oxygen atoms in total. The van der Waals surface area contributed by atoms with E-state index in [4.69, 9.17) is 9.15 Å². The summed E-state index contributed by atoms with van der Waals surface area (Å²) in [6, 6.07) is 7.67. The molecule has 2 rings (SSSR count). The van der Waals surface area contributed by atoms with E-state index in [-0.39, 0.29) is 0 Å². The van der Waals surface area contributed by atoms with Gasteiger partial charge in [0.05, 0.1) is 6.26 Å². The topological polar surface area (TPSA) is 47.3 Å². The largest absolute Gasteiger partial charge is 0.467 e. The zero-order chi connectivity index (χ0) is 12.6. The van der Waals surface area contributed by atoms with Crippen molar-refractivity contribution in [2.75, 3.05) is 18.5 Å². The van der Waals surface area contributed by atoms with Gasteiger partial charge in [-0.3, -0.25) is 0 Å². The quantitative estimate of drug-likeness (QED) is 0.796. The van der Waals surface area contributed by atoms with Gasteiger partial charge in [-0.05, 0) is 46.6 Å². The molecule has 0 spiro atoms. The lowest BCUT2D eigenvalue weighted by Crippen LogP contribution is -2.06. The van der Waals surface area contributed by atoms with Crippen LogP contribution >= 0.6 is 15.9 Å². The van der Waals surface area contributed by atoms with Crippen molar-refractivity contribution < 1.29 is 9.15 Å². The number of nitrogens with one attached hydrogen (secondary N) is 1. The molecule has 5 heteroatoms. The number of rotatable bonds is 7. The Labute approximate surface area is 114 Å². The molecule has 0 saturated carbocycles. The molecule has 96 valence electrons. The maximum absolute atomic E-state index is 5.47. The first-order valence-corrected chi connectivity index (χ1v) is 6.59. The monoisotopic (exact) mass is 310 g/mol. The second-order valence-corrected chi connectivity index (χ2v) is 4.69. The van der Waals surface area contributed by atoms with Gasteiger partial charge in [-0.25, -0.2) is 4.98 Å². The van der Waals surface area contributed by atoms with Gasteiger partial charge < -0.3 is 14.5 Å². The predicted molar refractivity (Wildman–Crippen MR) is 73.4 cm³/mol. The minimum absolute atomic E-state index is 0.531. The number of hydrogen-bond donors (Lipinski definition) is 1. The van der Waals surface area contributed by atoms with Crippen molar-refractivity contribution in [2.45, 2.75) is 13.0 Å². The Hall–Kier alpha value is -1.33. The van der Waals surface area contributed by atoms with E-state index >= 15 is 0 Å². The highest BCUT2D eigenvalue weighted by Crippen LogP contribution is 2.10. The van der Waals surface area contributed by atoms with Gasteiger partial charge in [0.2, 0.25) is 0 Å². The molecule has 0 saturated heterocycles. The Morgan fingerprint density at radius 2 is 2.28 bits per heavy atom. The van der Waals surface area contributed by atoms with Crippen molar-refractivity contribution in [3.05, 3.63) is 47.0 Å². The van der Waals surface area contributed by atoms with Crippen molar-refractivity contribution >= 4 is 21.7 Å². The Morgan fingerprint density at radius 1 is 1.33 bits per heavy atom. The SMILES string of the molecule is Brc1ccc(NCCCOCc2ccco2)nc1. The summed E-state index contributed by atoms with van der Waals surface area (Å²) in [7, 11) is 0. The Kier molecular flexibility index (Phi) is 5.23. The standard InChI is InChI=1S/C13H15BrN2O2/c14-11-4-5-13(16-9-11)15-6-2-7-17-10-12-3-1-8-18-12/h1,3-5,8-9H,2,6-7,10H2,(H,15,16). The molecule has 0 amide bonds. The summed E-state index contributed by atoms with van der Waals surface area (Å²) in [5, 5.41) is 3.23. The molecule has 2 aromatic heterocycles. The van der Waals surface area contributed by atoms with Crippen LogP contribution in [0.4, 0.5) is 5.82 Å². The number of halogens is 1. The molecule has 1 N–H and O–H groups in total. The van der Waals surface area contributed by atoms with Gasteiger partial charge in [0.25, 0.3) is 0 Å². The lowest BCUT2D eigenvalue weighted by atomic mass is 10.4. The first kappa shape index (κ1) is 13.1. The normalized spacial score (nSPS) is 10.5. The number of furan rings is 1. The molecule has 0 radical (unpaired) electrons. The molecule has 0 atom stereocenters. The van der Waals surface area contributed by atoms with Gasteiger partial charge in [0, 0.05) is 23.8 Å². The highest BCUT2D eigenvalue weighted by molar-refractivity contribution is 9.10. The maximum atomic E-state index is 5.47. The predicted octanol–water partition coefficient (Wildman–Crippen LogP) is 3.46. The van der Waals surface area contributed by atoms with Crippen molar-refractivity contribution in [2.24, 2.45) is 0 Å². The first-order chi connectivity index (χ1) is 8.84. The number of aromatic nitrogens is 1. The zero-order valence-corrected chi connectivity index (χ0v) is 11.5. The molecule has 18 heavy (non-hydrogen) atoms. The molecular weight excluding hydrogens is 296 g/mol. The molecule has 2 heterocycles. The average Bonchev–Trinajstić information content (AvgIpc) is 2.89. The van der Waals surface area contributed by atoms with Crippen LogP contribution in [0, 0.1) is 0 Å². The van der Waals surface area contributed by atoms with Crippen LogP contribution in [-0.4, -0.2) is 18.1 Å². The molecule has 0 aliphatic carbocycles. The Bertz CT molecular complexity index is 443. The first-order valence-electron chi connectivity index (χ1n) is 5.80. The van der Waals surface area contributed by atoms with E-state index in [9.17, 15) is 0 Å². The molecule has 0 fully saturated rings. The maximum Gasteiger partial charge on any atom is 0.129 e. The summed E-state index contributed by atoms with van der Waals surface area (Å²) < 4.78 is 11.6. The number of hydrogen-bond acceptors (Lipinski definition) is 4. The fourth-order valence-electron chi connectivity index (χ4n) is 1.44. The van der Waals surface area contributed by atoms with E-state index in [2.05, 4.69) is 26.2 Å². The van der Waals surface area contributed by atoms with Crippen molar-refractivity contribution in [3.8, 4) is 0 Å². The van der Waals surface area contributed by atoms with Gasteiger partial charge in [-0.2, -0.15) is 0 Å². The molecule has 0 bridgehead atoms. The van der Waals surface area contributed by atoms with E-state index in [0.717, 1.165) is 29.0 Å². The van der Waals surface area contributed by atoms with Crippen LogP contribution in [0.15, 0.2) is 45.6 Å². The Balaban J connectivity index is 1.55. The minimum atomic E-state index is 0.531. The summed E-state index contributed by atoms with van der Waals surface area (Å²) in [4.78, 5) is 4.22. The highest BCUT2D eigenvalue weighted by atomic mass is 79.9.